The molecule has 1 heterocycles. The number of ether oxygens (including phenoxy) is 1. The predicted molar refractivity (Wildman–Crippen MR) is 81.1 cm³/mol. The average Bonchev–Trinajstić information content (AvgIpc) is 3.30. The summed E-state index contributed by atoms with van der Waals surface area (Å²) >= 11 is 6.12. The van der Waals surface area contributed by atoms with Crippen molar-refractivity contribution in [2.45, 2.75) is 25.4 Å². The fourth-order valence-electron chi connectivity index (χ4n) is 2.19. The Hall–Kier alpha value is -1.58. The van der Waals surface area contributed by atoms with E-state index in [-0.39, 0.29) is 0 Å². The minimum absolute atomic E-state index is 0.625. The highest BCUT2D eigenvalue weighted by molar-refractivity contribution is 6.30. The molecule has 1 fully saturated rings. The molecule has 0 atom stereocenters. The fraction of sp³-hybridized carbons (Fsp3) is 0.312. The Morgan fingerprint density at radius 3 is 2.80 bits per heavy atom. The summed E-state index contributed by atoms with van der Waals surface area (Å²) in [5.41, 5.74) is 3.45. The maximum atomic E-state index is 6.12. The number of benzene rings is 1. The highest BCUT2D eigenvalue weighted by Crippen LogP contribution is 2.28. The third kappa shape index (κ3) is 3.11. The lowest BCUT2D eigenvalue weighted by molar-refractivity contribution is 0.398. The zero-order chi connectivity index (χ0) is 13.9. The van der Waals surface area contributed by atoms with Crippen LogP contribution in [0, 0.1) is 0 Å². The smallest absolute Gasteiger partial charge is 0.212 e. The highest BCUT2D eigenvalue weighted by Gasteiger charge is 2.20. The van der Waals surface area contributed by atoms with E-state index in [1.807, 2.05) is 30.5 Å². The molecule has 1 aromatic heterocycles. The molecule has 0 radical (unpaired) electrons. The summed E-state index contributed by atoms with van der Waals surface area (Å²) < 4.78 is 5.10. The van der Waals surface area contributed by atoms with Gasteiger partial charge in [-0.05, 0) is 42.2 Å². The molecule has 1 aliphatic carbocycles. The standard InChI is InChI=1S/C16H17ClN2O/c1-20-16-7-2-11(9-19-16)15-6-3-13(17)8-12(15)10-18-14-4-5-14/h2-3,6-9,14,18H,4-5,10H2,1H3. The molecule has 1 aromatic carbocycles. The van der Waals surface area contributed by atoms with Crippen molar-refractivity contribution >= 4 is 11.6 Å². The molecule has 0 unspecified atom stereocenters. The van der Waals surface area contributed by atoms with Crippen molar-refractivity contribution < 1.29 is 4.74 Å². The van der Waals surface area contributed by atoms with Crippen molar-refractivity contribution in [2.24, 2.45) is 0 Å². The molecule has 1 aliphatic rings. The third-order valence-corrected chi connectivity index (χ3v) is 3.72. The molecule has 0 aliphatic heterocycles. The second-order valence-corrected chi connectivity index (χ2v) is 5.48. The van der Waals surface area contributed by atoms with E-state index in [0.29, 0.717) is 11.9 Å². The van der Waals surface area contributed by atoms with E-state index in [0.717, 1.165) is 22.7 Å². The van der Waals surface area contributed by atoms with Crippen LogP contribution in [0.2, 0.25) is 5.02 Å². The second-order valence-electron chi connectivity index (χ2n) is 5.05. The maximum Gasteiger partial charge on any atom is 0.212 e. The lowest BCUT2D eigenvalue weighted by atomic mass is 10.0. The van der Waals surface area contributed by atoms with Gasteiger partial charge in [-0.2, -0.15) is 0 Å². The SMILES string of the molecule is COc1ccc(-c2ccc(Cl)cc2CNC2CC2)cn1. The number of rotatable bonds is 5. The van der Waals surface area contributed by atoms with Gasteiger partial charge < -0.3 is 10.1 Å². The van der Waals surface area contributed by atoms with Gasteiger partial charge in [0.05, 0.1) is 7.11 Å². The van der Waals surface area contributed by atoms with Gasteiger partial charge in [0.2, 0.25) is 5.88 Å². The van der Waals surface area contributed by atoms with Gasteiger partial charge >= 0.3 is 0 Å². The van der Waals surface area contributed by atoms with E-state index in [1.54, 1.807) is 7.11 Å². The lowest BCUT2D eigenvalue weighted by Crippen LogP contribution is -2.15. The summed E-state index contributed by atoms with van der Waals surface area (Å²) in [5, 5.41) is 4.30. The molecule has 20 heavy (non-hydrogen) atoms. The van der Waals surface area contributed by atoms with Crippen LogP contribution in [0.15, 0.2) is 36.5 Å². The summed E-state index contributed by atoms with van der Waals surface area (Å²) in [6, 6.07) is 10.6. The number of aromatic nitrogens is 1. The summed E-state index contributed by atoms with van der Waals surface area (Å²) in [6.07, 6.45) is 4.39. The summed E-state index contributed by atoms with van der Waals surface area (Å²) in [7, 11) is 1.62. The van der Waals surface area contributed by atoms with Gasteiger partial charge in [-0.15, -0.1) is 0 Å². The van der Waals surface area contributed by atoms with E-state index >= 15 is 0 Å². The summed E-state index contributed by atoms with van der Waals surface area (Å²) in [6.45, 7) is 0.840. The molecule has 3 nitrogen and oxygen atoms in total. The first-order valence-corrected chi connectivity index (χ1v) is 7.16. The van der Waals surface area contributed by atoms with Gasteiger partial charge in [-0.3, -0.25) is 0 Å². The van der Waals surface area contributed by atoms with Crippen LogP contribution in [0.4, 0.5) is 0 Å². The van der Waals surface area contributed by atoms with E-state index in [4.69, 9.17) is 16.3 Å². The van der Waals surface area contributed by atoms with E-state index < -0.39 is 0 Å². The number of nitrogens with zero attached hydrogens (tertiary/aromatic N) is 1. The van der Waals surface area contributed by atoms with Crippen LogP contribution >= 0.6 is 11.6 Å². The molecule has 3 rings (SSSR count). The molecule has 0 spiro atoms. The summed E-state index contributed by atoms with van der Waals surface area (Å²) in [4.78, 5) is 4.27. The van der Waals surface area contributed by atoms with Crippen molar-refractivity contribution in [3.63, 3.8) is 0 Å². The Morgan fingerprint density at radius 1 is 1.30 bits per heavy atom. The van der Waals surface area contributed by atoms with Gasteiger partial charge in [0, 0.05) is 35.4 Å². The number of hydrogen-bond donors (Lipinski definition) is 1. The third-order valence-electron chi connectivity index (χ3n) is 3.48. The van der Waals surface area contributed by atoms with E-state index in [2.05, 4.69) is 16.4 Å². The first-order valence-electron chi connectivity index (χ1n) is 6.78. The van der Waals surface area contributed by atoms with Gasteiger partial charge in [0.25, 0.3) is 0 Å². The topological polar surface area (TPSA) is 34.1 Å². The van der Waals surface area contributed by atoms with Crippen molar-refractivity contribution in [3.8, 4) is 17.0 Å². The van der Waals surface area contributed by atoms with Crippen molar-refractivity contribution in [1.82, 2.24) is 10.3 Å². The summed E-state index contributed by atoms with van der Waals surface area (Å²) in [5.74, 6) is 0.625. The van der Waals surface area contributed by atoms with Gasteiger partial charge in [-0.25, -0.2) is 4.98 Å². The predicted octanol–water partition coefficient (Wildman–Crippen LogP) is 3.66. The van der Waals surface area contributed by atoms with Crippen LogP contribution in [0.25, 0.3) is 11.1 Å². The second kappa shape index (κ2) is 5.81. The van der Waals surface area contributed by atoms with Gasteiger partial charge in [0.1, 0.15) is 0 Å². The Balaban J connectivity index is 1.89. The minimum Gasteiger partial charge on any atom is -0.481 e. The monoisotopic (exact) mass is 288 g/mol. The van der Waals surface area contributed by atoms with Crippen LogP contribution < -0.4 is 10.1 Å². The molecule has 0 amide bonds. The Labute approximate surface area is 123 Å². The number of pyridine rings is 1. The molecule has 4 heteroatoms. The number of halogens is 1. The molecule has 0 saturated heterocycles. The number of methoxy groups -OCH3 is 1. The normalized spacial score (nSPS) is 14.3. The van der Waals surface area contributed by atoms with Crippen LogP contribution in [0.3, 0.4) is 0 Å². The Bertz CT molecular complexity index is 594. The number of nitrogens with one attached hydrogen (secondary N) is 1. The zero-order valence-corrected chi connectivity index (χ0v) is 12.2. The number of hydrogen-bond acceptors (Lipinski definition) is 3. The molecule has 2 aromatic rings. The Kier molecular flexibility index (Phi) is 3.90. The van der Waals surface area contributed by atoms with Gasteiger partial charge in [0.15, 0.2) is 0 Å². The van der Waals surface area contributed by atoms with Crippen LogP contribution in [0.5, 0.6) is 5.88 Å². The van der Waals surface area contributed by atoms with Crippen molar-refractivity contribution in [3.05, 3.63) is 47.1 Å². The molecular formula is C16H17ClN2O. The average molecular weight is 289 g/mol. The Morgan fingerprint density at radius 2 is 2.15 bits per heavy atom. The molecule has 1 saturated carbocycles. The minimum atomic E-state index is 0.625. The molecular weight excluding hydrogens is 272 g/mol. The van der Waals surface area contributed by atoms with Crippen molar-refractivity contribution in [2.75, 3.05) is 7.11 Å². The lowest BCUT2D eigenvalue weighted by Gasteiger charge is -2.11. The van der Waals surface area contributed by atoms with Crippen LogP contribution in [-0.2, 0) is 6.54 Å². The zero-order valence-electron chi connectivity index (χ0n) is 11.4. The fourth-order valence-corrected chi connectivity index (χ4v) is 2.39. The largest absolute Gasteiger partial charge is 0.481 e. The van der Waals surface area contributed by atoms with Crippen LogP contribution in [-0.4, -0.2) is 18.1 Å². The first-order chi connectivity index (χ1) is 9.76. The molecule has 0 bridgehead atoms. The molecule has 104 valence electrons. The highest BCUT2D eigenvalue weighted by atomic mass is 35.5. The maximum absolute atomic E-state index is 6.12. The van der Waals surface area contributed by atoms with Crippen molar-refractivity contribution in [1.29, 1.82) is 0 Å². The van der Waals surface area contributed by atoms with Gasteiger partial charge in [-0.1, -0.05) is 17.7 Å². The molecule has 1 N–H and O–H groups in total. The first kappa shape index (κ1) is 13.4. The quantitative estimate of drug-likeness (QED) is 0.912. The van der Waals surface area contributed by atoms with E-state index in [1.165, 1.54) is 18.4 Å². The van der Waals surface area contributed by atoms with E-state index in [9.17, 15) is 0 Å². The van der Waals surface area contributed by atoms with Crippen LogP contribution in [0.1, 0.15) is 18.4 Å².